The summed E-state index contributed by atoms with van der Waals surface area (Å²) in [5, 5.41) is 26.3. The van der Waals surface area contributed by atoms with Gasteiger partial charge in [-0.1, -0.05) is 25.2 Å². The number of fused-ring (bicyclic) bond motifs is 1. The average molecular weight is 403 g/mol. The molecule has 0 amide bonds. The van der Waals surface area contributed by atoms with Crippen LogP contribution in [0.1, 0.15) is 49.0 Å². The average Bonchev–Trinajstić information content (AvgIpc) is 3.22. The van der Waals surface area contributed by atoms with E-state index >= 15 is 0 Å². The molecule has 0 aliphatic carbocycles. The summed E-state index contributed by atoms with van der Waals surface area (Å²) in [6.45, 7) is 6.23. The molecule has 148 valence electrons. The summed E-state index contributed by atoms with van der Waals surface area (Å²) >= 11 is 1.45. The quantitative estimate of drug-likeness (QED) is 0.504. The van der Waals surface area contributed by atoms with E-state index in [2.05, 4.69) is 17.0 Å². The summed E-state index contributed by atoms with van der Waals surface area (Å²) in [7, 11) is 0. The maximum atomic E-state index is 11.0. The fourth-order valence-corrected chi connectivity index (χ4v) is 5.24. The molecule has 0 radical (unpaired) electrons. The van der Waals surface area contributed by atoms with Crippen LogP contribution >= 0.6 is 11.3 Å². The zero-order chi connectivity index (χ0) is 19.8. The molecule has 9 heteroatoms. The Labute approximate surface area is 166 Å². The number of non-ortho nitro benzene ring substituents is 1. The van der Waals surface area contributed by atoms with Crippen molar-refractivity contribution in [2.24, 2.45) is 5.92 Å². The molecular weight excluding hydrogens is 378 g/mol. The van der Waals surface area contributed by atoms with E-state index in [9.17, 15) is 15.2 Å². The van der Waals surface area contributed by atoms with Gasteiger partial charge in [-0.2, -0.15) is 4.52 Å². The number of likely N-dealkylation sites (tertiary alicyclic amines) is 1. The normalized spacial score (nSPS) is 21.1. The van der Waals surface area contributed by atoms with E-state index in [4.69, 9.17) is 0 Å². The molecule has 1 aliphatic rings. The van der Waals surface area contributed by atoms with Gasteiger partial charge in [0.15, 0.2) is 11.9 Å². The number of benzene rings is 1. The van der Waals surface area contributed by atoms with Gasteiger partial charge in [0.1, 0.15) is 4.88 Å². The monoisotopic (exact) mass is 402 g/mol. The topological polar surface area (TPSA) is 98.0 Å². The first-order valence-electron chi connectivity index (χ1n) is 9.64. The second-order valence-electron chi connectivity index (χ2n) is 7.51. The number of nitrogens with one attached hydrogen (secondary N) is 1. The molecule has 1 aromatic carbocycles. The summed E-state index contributed by atoms with van der Waals surface area (Å²) in [5.41, 5.74) is 1.04. The highest BCUT2D eigenvalue weighted by atomic mass is 32.1. The first-order chi connectivity index (χ1) is 13.5. The van der Waals surface area contributed by atoms with E-state index < -0.39 is 0 Å². The van der Waals surface area contributed by atoms with Crippen molar-refractivity contribution in [2.75, 3.05) is 13.1 Å². The second kappa shape index (κ2) is 7.48. The van der Waals surface area contributed by atoms with Crippen molar-refractivity contribution in [1.29, 1.82) is 0 Å². The van der Waals surface area contributed by atoms with Crippen molar-refractivity contribution in [3.8, 4) is 5.88 Å². The van der Waals surface area contributed by atoms with Gasteiger partial charge in [-0.05, 0) is 25.0 Å². The molecule has 2 aromatic heterocycles. The molecule has 8 nitrogen and oxygen atoms in total. The largest absolute Gasteiger partial charge is 0.492 e. The predicted octanol–water partition coefficient (Wildman–Crippen LogP) is 2.37. The Morgan fingerprint density at radius 2 is 2.18 bits per heavy atom. The number of rotatable bonds is 5. The van der Waals surface area contributed by atoms with E-state index in [0.29, 0.717) is 23.1 Å². The number of hydrogen-bond acceptors (Lipinski definition) is 6. The zero-order valence-corrected chi connectivity index (χ0v) is 16.8. The Hall–Kier alpha value is -2.52. The minimum Gasteiger partial charge on any atom is -0.492 e. The van der Waals surface area contributed by atoms with Crippen LogP contribution in [0.4, 0.5) is 5.69 Å². The standard InChI is InChI=1S/C19H23N5O3S/c1-3-15-20-19-23(21-15)18(25)17(28-19)16(22-10-4-5-12(2)11-22)13-6-8-14(9-7-13)24(26)27/h6-9,12,16,25H,3-5,10-11H2,1-2H3/p+1/t12-,16-/m0/s1. The van der Waals surface area contributed by atoms with Crippen molar-refractivity contribution in [3.05, 3.63) is 50.6 Å². The maximum Gasteiger partial charge on any atom is 0.269 e. The number of thiazole rings is 1. The molecule has 1 fully saturated rings. The Kier molecular flexibility index (Phi) is 5.03. The van der Waals surface area contributed by atoms with E-state index in [1.54, 1.807) is 12.1 Å². The lowest BCUT2D eigenvalue weighted by Gasteiger charge is -2.34. The van der Waals surface area contributed by atoms with Crippen LogP contribution in [-0.2, 0) is 6.42 Å². The number of aromatic hydroxyl groups is 1. The molecule has 1 aliphatic heterocycles. The minimum atomic E-state index is -0.387. The van der Waals surface area contributed by atoms with E-state index in [-0.39, 0.29) is 22.5 Å². The Balaban J connectivity index is 1.79. The minimum absolute atomic E-state index is 0.0731. The number of piperidine rings is 1. The molecule has 28 heavy (non-hydrogen) atoms. The molecular formula is C19H24N5O3S+. The highest BCUT2D eigenvalue weighted by Gasteiger charge is 2.35. The first kappa shape index (κ1) is 18.8. The van der Waals surface area contributed by atoms with Crippen LogP contribution in [0.5, 0.6) is 5.88 Å². The molecule has 3 aromatic rings. The Bertz CT molecular complexity index is 997. The number of quaternary nitrogens is 1. The van der Waals surface area contributed by atoms with Crippen LogP contribution in [0.3, 0.4) is 0 Å². The molecule has 3 atom stereocenters. The number of hydrogen-bond donors (Lipinski definition) is 2. The summed E-state index contributed by atoms with van der Waals surface area (Å²) in [4.78, 5) is 18.0. The van der Waals surface area contributed by atoms with Crippen molar-refractivity contribution in [1.82, 2.24) is 14.6 Å². The van der Waals surface area contributed by atoms with Crippen LogP contribution in [-0.4, -0.2) is 37.7 Å². The van der Waals surface area contributed by atoms with Crippen LogP contribution < -0.4 is 4.90 Å². The molecule has 2 N–H and O–H groups in total. The number of nitrogens with zero attached hydrogens (tertiary/aromatic N) is 4. The smallest absolute Gasteiger partial charge is 0.269 e. The number of nitro groups is 1. The summed E-state index contributed by atoms with van der Waals surface area (Å²) in [5.74, 6) is 1.43. The van der Waals surface area contributed by atoms with Gasteiger partial charge in [-0.25, -0.2) is 4.98 Å². The van der Waals surface area contributed by atoms with E-state index in [1.807, 2.05) is 19.1 Å². The Morgan fingerprint density at radius 3 is 2.79 bits per heavy atom. The first-order valence-corrected chi connectivity index (χ1v) is 10.5. The molecule has 4 rings (SSSR count). The van der Waals surface area contributed by atoms with Gasteiger partial charge in [0.05, 0.1) is 18.0 Å². The van der Waals surface area contributed by atoms with Gasteiger partial charge in [-0.3, -0.25) is 10.1 Å². The van der Waals surface area contributed by atoms with Gasteiger partial charge in [-0.15, -0.1) is 5.10 Å². The molecule has 1 saturated heterocycles. The van der Waals surface area contributed by atoms with Crippen LogP contribution in [0, 0.1) is 16.0 Å². The lowest BCUT2D eigenvalue weighted by molar-refractivity contribution is -0.933. The van der Waals surface area contributed by atoms with Crippen molar-refractivity contribution in [2.45, 2.75) is 39.2 Å². The Morgan fingerprint density at radius 1 is 1.43 bits per heavy atom. The third-order valence-electron chi connectivity index (χ3n) is 5.47. The predicted molar refractivity (Wildman–Crippen MR) is 106 cm³/mol. The lowest BCUT2D eigenvalue weighted by atomic mass is 9.95. The maximum absolute atomic E-state index is 11.0. The summed E-state index contributed by atoms with van der Waals surface area (Å²) in [6, 6.07) is 6.60. The van der Waals surface area contributed by atoms with Crippen LogP contribution in [0.25, 0.3) is 4.96 Å². The van der Waals surface area contributed by atoms with Gasteiger partial charge in [0, 0.05) is 30.0 Å². The summed E-state index contributed by atoms with van der Waals surface area (Å²) in [6.07, 6.45) is 3.04. The molecule has 0 spiro atoms. The number of aryl methyl sites for hydroxylation is 1. The van der Waals surface area contributed by atoms with Crippen LogP contribution in [0.2, 0.25) is 0 Å². The fourth-order valence-electron chi connectivity index (χ4n) is 4.08. The lowest BCUT2D eigenvalue weighted by Crippen LogP contribution is -3.13. The molecule has 0 saturated carbocycles. The van der Waals surface area contributed by atoms with Gasteiger partial charge >= 0.3 is 0 Å². The third-order valence-corrected chi connectivity index (χ3v) is 6.56. The van der Waals surface area contributed by atoms with Crippen LogP contribution in [0.15, 0.2) is 24.3 Å². The van der Waals surface area contributed by atoms with E-state index in [0.717, 1.165) is 30.0 Å². The number of aromatic nitrogens is 3. The van der Waals surface area contributed by atoms with Crippen molar-refractivity contribution >= 4 is 22.0 Å². The third kappa shape index (κ3) is 3.35. The fraction of sp³-hybridized carbons (Fsp3) is 0.474. The summed E-state index contributed by atoms with van der Waals surface area (Å²) < 4.78 is 1.52. The van der Waals surface area contributed by atoms with Gasteiger partial charge < -0.3 is 10.0 Å². The van der Waals surface area contributed by atoms with Gasteiger partial charge in [0.25, 0.3) is 5.69 Å². The van der Waals surface area contributed by atoms with Crippen molar-refractivity contribution < 1.29 is 14.9 Å². The zero-order valence-electron chi connectivity index (χ0n) is 16.0. The second-order valence-corrected chi connectivity index (χ2v) is 8.52. The number of nitro benzene ring substituents is 1. The van der Waals surface area contributed by atoms with E-state index in [1.165, 1.54) is 27.2 Å². The molecule has 1 unspecified atom stereocenters. The van der Waals surface area contributed by atoms with Gasteiger partial charge in [0.2, 0.25) is 10.8 Å². The van der Waals surface area contributed by atoms with Crippen molar-refractivity contribution in [3.63, 3.8) is 0 Å². The molecule has 0 bridgehead atoms. The molecule has 3 heterocycles. The highest BCUT2D eigenvalue weighted by Crippen LogP contribution is 2.35. The highest BCUT2D eigenvalue weighted by molar-refractivity contribution is 7.17. The SMILES string of the molecule is CCc1nc2sc([C@H](c3ccc([N+](=O)[O-])cc3)[NH+]3CCC[C@H](C)C3)c(O)n2n1.